The van der Waals surface area contributed by atoms with E-state index in [-0.39, 0.29) is 16.1 Å². The van der Waals surface area contributed by atoms with Gasteiger partial charge in [-0.25, -0.2) is 0 Å². The highest BCUT2D eigenvalue weighted by molar-refractivity contribution is 8.77. The summed E-state index contributed by atoms with van der Waals surface area (Å²) in [7, 11) is 3.41. The number of carbonyl (C=O) groups is 1. The molecule has 0 radical (unpaired) electrons. The van der Waals surface area contributed by atoms with Crippen molar-refractivity contribution in [2.75, 3.05) is 59.0 Å². The minimum absolute atomic E-state index is 0.0961. The maximum Gasteiger partial charge on any atom is 0.251 e. The average molecular weight is 563 g/mol. The van der Waals surface area contributed by atoms with E-state index in [4.69, 9.17) is 18.9 Å². The van der Waals surface area contributed by atoms with Crippen molar-refractivity contribution in [3.63, 3.8) is 0 Å². The Bertz CT molecular complexity index is 704. The topological polar surface area (TPSA) is 78.1 Å². The molecule has 1 atom stereocenters. The molecule has 0 aliphatic rings. The lowest BCUT2D eigenvalue weighted by atomic mass is 10.1. The van der Waals surface area contributed by atoms with Gasteiger partial charge in [-0.1, -0.05) is 74.2 Å². The van der Waals surface area contributed by atoms with E-state index in [0.717, 1.165) is 13.0 Å². The molecule has 36 heavy (non-hydrogen) atoms. The van der Waals surface area contributed by atoms with Crippen molar-refractivity contribution in [1.82, 2.24) is 10.0 Å². The zero-order valence-electron chi connectivity index (χ0n) is 22.8. The fourth-order valence-corrected chi connectivity index (χ4v) is 5.28. The molecule has 0 spiro atoms. The predicted octanol–water partition coefficient (Wildman–Crippen LogP) is 5.65. The third kappa shape index (κ3) is 18.6. The van der Waals surface area contributed by atoms with Crippen molar-refractivity contribution in [1.29, 1.82) is 0 Å². The van der Waals surface area contributed by atoms with Gasteiger partial charge in [-0.15, -0.1) is 0 Å². The lowest BCUT2D eigenvalue weighted by Crippen LogP contribution is -2.29. The van der Waals surface area contributed by atoms with E-state index >= 15 is 0 Å². The summed E-state index contributed by atoms with van der Waals surface area (Å²) in [6.07, 6.45) is 4.24. The SMILES string of the molecule is CSNCCNC(=O)c1cccc(OCC(OCCOCCOCCCC(C)C)SSC(C)(C)C)c1. The number of hydrogen-bond donors (Lipinski definition) is 2. The summed E-state index contributed by atoms with van der Waals surface area (Å²) in [5.41, 5.74) is 0.408. The van der Waals surface area contributed by atoms with Gasteiger partial charge in [-0.05, 0) is 43.2 Å². The maximum absolute atomic E-state index is 12.4. The predicted molar refractivity (Wildman–Crippen MR) is 156 cm³/mol. The maximum atomic E-state index is 12.4. The molecule has 0 heterocycles. The van der Waals surface area contributed by atoms with Crippen molar-refractivity contribution in [2.24, 2.45) is 5.92 Å². The molecule has 0 saturated heterocycles. The number of benzene rings is 1. The molecule has 2 N–H and O–H groups in total. The highest BCUT2D eigenvalue weighted by Crippen LogP contribution is 2.38. The summed E-state index contributed by atoms with van der Waals surface area (Å²) in [6.45, 7) is 15.6. The van der Waals surface area contributed by atoms with Crippen LogP contribution in [0, 0.1) is 5.92 Å². The number of nitrogens with one attached hydrogen (secondary N) is 2. The normalized spacial score (nSPS) is 12.6. The van der Waals surface area contributed by atoms with Gasteiger partial charge in [0, 0.05) is 30.0 Å². The Kier molecular flexibility index (Phi) is 18.9. The second kappa shape index (κ2) is 20.4. The van der Waals surface area contributed by atoms with Gasteiger partial charge < -0.3 is 24.3 Å². The molecule has 0 saturated carbocycles. The molecular formula is C26H46N2O5S3. The van der Waals surface area contributed by atoms with Crippen molar-refractivity contribution < 1.29 is 23.7 Å². The number of rotatable bonds is 21. The van der Waals surface area contributed by atoms with Crippen LogP contribution in [0.2, 0.25) is 0 Å². The van der Waals surface area contributed by atoms with Crippen LogP contribution >= 0.6 is 33.5 Å². The fraction of sp³-hybridized carbons (Fsp3) is 0.731. The molecule has 1 amide bonds. The Morgan fingerprint density at radius 2 is 1.75 bits per heavy atom. The van der Waals surface area contributed by atoms with Crippen molar-refractivity contribution in [2.45, 2.75) is 57.6 Å². The van der Waals surface area contributed by atoms with Crippen LogP contribution in [0.5, 0.6) is 5.75 Å². The second-order valence-electron chi connectivity index (χ2n) is 9.55. The van der Waals surface area contributed by atoms with Gasteiger partial charge in [0.05, 0.1) is 26.4 Å². The quantitative estimate of drug-likeness (QED) is 0.0855. The molecule has 10 heteroatoms. The van der Waals surface area contributed by atoms with Gasteiger partial charge in [-0.2, -0.15) is 0 Å². The monoisotopic (exact) mass is 562 g/mol. The molecule has 0 bridgehead atoms. The second-order valence-corrected chi connectivity index (χ2v) is 13.4. The molecule has 1 aromatic rings. The minimum atomic E-state index is -0.166. The molecule has 1 rings (SSSR count). The standard InChI is InChI=1S/C26H46N2O5S3/c1-21(2)9-8-14-30-15-16-31-17-18-32-24(35-36-26(3,4)5)20-33-23-11-7-10-22(19-23)25(29)27-12-13-28-34-6/h7,10-11,19,21,24,28H,8-9,12-18,20H2,1-6H3,(H,27,29). The third-order valence-electron chi connectivity index (χ3n) is 4.52. The lowest BCUT2D eigenvalue weighted by Gasteiger charge is -2.22. The molecule has 1 unspecified atom stereocenters. The zero-order valence-corrected chi connectivity index (χ0v) is 25.3. The van der Waals surface area contributed by atoms with E-state index < -0.39 is 0 Å². The first kappa shape index (κ1) is 33.4. The van der Waals surface area contributed by atoms with Crippen LogP contribution in [0.25, 0.3) is 0 Å². The Hall–Kier alpha value is -0.620. The summed E-state index contributed by atoms with van der Waals surface area (Å²) in [5.74, 6) is 1.25. The number of carbonyl (C=O) groups excluding carboxylic acids is 1. The molecule has 0 aliphatic carbocycles. The smallest absolute Gasteiger partial charge is 0.251 e. The Labute approximate surface area is 230 Å². The highest BCUT2D eigenvalue weighted by Gasteiger charge is 2.18. The molecule has 0 aromatic heterocycles. The van der Waals surface area contributed by atoms with E-state index in [9.17, 15) is 4.79 Å². The molecule has 0 aliphatic heterocycles. The van der Waals surface area contributed by atoms with Crippen LogP contribution in [0.4, 0.5) is 0 Å². The van der Waals surface area contributed by atoms with Gasteiger partial charge in [-0.3, -0.25) is 9.52 Å². The molecule has 208 valence electrons. The molecule has 1 aromatic carbocycles. The van der Waals surface area contributed by atoms with Crippen molar-refractivity contribution in [3.8, 4) is 5.75 Å². The first-order chi connectivity index (χ1) is 17.2. The van der Waals surface area contributed by atoms with Crippen LogP contribution in [0.15, 0.2) is 24.3 Å². The van der Waals surface area contributed by atoms with E-state index in [1.807, 2.05) is 18.4 Å². The van der Waals surface area contributed by atoms with Gasteiger partial charge in [0.1, 0.15) is 17.8 Å². The van der Waals surface area contributed by atoms with E-state index in [1.54, 1.807) is 33.7 Å². The molecule has 7 nitrogen and oxygen atoms in total. The highest BCUT2D eigenvalue weighted by atomic mass is 33.1. The Morgan fingerprint density at radius 3 is 2.44 bits per heavy atom. The van der Waals surface area contributed by atoms with E-state index in [0.29, 0.717) is 63.4 Å². The molecular weight excluding hydrogens is 516 g/mol. The largest absolute Gasteiger partial charge is 0.490 e. The lowest BCUT2D eigenvalue weighted by molar-refractivity contribution is 0.00107. The summed E-state index contributed by atoms with van der Waals surface area (Å²) >= 11 is 1.53. The van der Waals surface area contributed by atoms with Gasteiger partial charge >= 0.3 is 0 Å². The summed E-state index contributed by atoms with van der Waals surface area (Å²) in [5, 5.41) is 2.90. The van der Waals surface area contributed by atoms with Crippen LogP contribution in [-0.2, 0) is 14.2 Å². The van der Waals surface area contributed by atoms with Crippen LogP contribution < -0.4 is 14.8 Å². The summed E-state index contributed by atoms with van der Waals surface area (Å²) < 4.78 is 26.5. The van der Waals surface area contributed by atoms with Crippen LogP contribution in [-0.4, -0.2) is 75.1 Å². The van der Waals surface area contributed by atoms with Crippen molar-refractivity contribution in [3.05, 3.63) is 29.8 Å². The van der Waals surface area contributed by atoms with Gasteiger partial charge in [0.25, 0.3) is 5.91 Å². The zero-order chi connectivity index (χ0) is 26.7. The summed E-state index contributed by atoms with van der Waals surface area (Å²) in [6, 6.07) is 7.24. The van der Waals surface area contributed by atoms with Crippen LogP contribution in [0.3, 0.4) is 0 Å². The van der Waals surface area contributed by atoms with Gasteiger partial charge in [0.15, 0.2) is 0 Å². The van der Waals surface area contributed by atoms with E-state index in [1.165, 1.54) is 18.4 Å². The Balaban J connectivity index is 2.40. The van der Waals surface area contributed by atoms with E-state index in [2.05, 4.69) is 44.7 Å². The van der Waals surface area contributed by atoms with Crippen LogP contribution in [0.1, 0.15) is 57.8 Å². The number of amides is 1. The first-order valence-electron chi connectivity index (χ1n) is 12.6. The fourth-order valence-electron chi connectivity index (χ4n) is 2.78. The Morgan fingerprint density at radius 1 is 1.03 bits per heavy atom. The number of ether oxygens (including phenoxy) is 4. The first-order valence-corrected chi connectivity index (χ1v) is 16.0. The van der Waals surface area contributed by atoms with Crippen molar-refractivity contribution >= 4 is 39.4 Å². The van der Waals surface area contributed by atoms with Gasteiger partial charge in [0.2, 0.25) is 0 Å². The summed E-state index contributed by atoms with van der Waals surface area (Å²) in [4.78, 5) is 12.4. The minimum Gasteiger partial charge on any atom is -0.490 e. The number of hydrogen-bond acceptors (Lipinski definition) is 9. The average Bonchev–Trinajstić information content (AvgIpc) is 2.83. The third-order valence-corrected chi connectivity index (χ3v) is 8.53. The molecule has 0 fully saturated rings.